The van der Waals surface area contributed by atoms with Crippen LogP contribution in [0, 0.1) is 0 Å². The van der Waals surface area contributed by atoms with Crippen molar-refractivity contribution in [3.8, 4) is 0 Å². The standard InChI is InChI=1S/C18H22N2O4/c1-19-15-5-3-2-4-13(15)14(12-16(19)21)17(22)20-8-6-18(7-9-20)23-10-11-24-18/h2-5,14H,6-12H2,1H3. The van der Waals surface area contributed by atoms with Crippen molar-refractivity contribution in [1.29, 1.82) is 0 Å². The minimum atomic E-state index is -0.489. The second-order valence-corrected chi connectivity index (χ2v) is 6.70. The summed E-state index contributed by atoms with van der Waals surface area (Å²) in [5, 5.41) is 0. The largest absolute Gasteiger partial charge is 0.347 e. The van der Waals surface area contributed by atoms with E-state index in [1.165, 1.54) is 0 Å². The maximum absolute atomic E-state index is 13.0. The SMILES string of the molecule is CN1C(=O)CC(C(=O)N2CCC3(CC2)OCCO3)c2ccccc21. The third kappa shape index (κ3) is 2.50. The zero-order chi connectivity index (χ0) is 16.7. The number of ether oxygens (including phenoxy) is 2. The summed E-state index contributed by atoms with van der Waals surface area (Å²) in [5.74, 6) is -0.846. The lowest BCUT2D eigenvalue weighted by Crippen LogP contribution is -2.49. The van der Waals surface area contributed by atoms with Crippen molar-refractivity contribution in [2.24, 2.45) is 0 Å². The monoisotopic (exact) mass is 330 g/mol. The number of benzene rings is 1. The summed E-state index contributed by atoms with van der Waals surface area (Å²) in [6, 6.07) is 7.68. The van der Waals surface area contributed by atoms with E-state index in [4.69, 9.17) is 9.47 Å². The molecule has 6 nitrogen and oxygen atoms in total. The summed E-state index contributed by atoms with van der Waals surface area (Å²) >= 11 is 0. The number of carbonyl (C=O) groups excluding carboxylic acids is 2. The van der Waals surface area contributed by atoms with Gasteiger partial charge in [-0.3, -0.25) is 9.59 Å². The van der Waals surface area contributed by atoms with Crippen LogP contribution in [0.5, 0.6) is 0 Å². The number of nitrogens with zero attached hydrogens (tertiary/aromatic N) is 2. The van der Waals surface area contributed by atoms with E-state index in [-0.39, 0.29) is 24.2 Å². The first-order valence-corrected chi connectivity index (χ1v) is 8.52. The molecule has 0 bridgehead atoms. The molecular formula is C18H22N2O4. The maximum Gasteiger partial charge on any atom is 0.230 e. The van der Waals surface area contributed by atoms with Gasteiger partial charge in [0.05, 0.1) is 19.1 Å². The van der Waals surface area contributed by atoms with Crippen molar-refractivity contribution in [1.82, 2.24) is 4.90 Å². The number of para-hydroxylation sites is 1. The number of amides is 2. The zero-order valence-electron chi connectivity index (χ0n) is 13.9. The molecular weight excluding hydrogens is 308 g/mol. The van der Waals surface area contributed by atoms with Gasteiger partial charge in [-0.05, 0) is 11.6 Å². The molecule has 128 valence electrons. The van der Waals surface area contributed by atoms with Gasteiger partial charge in [-0.2, -0.15) is 0 Å². The fourth-order valence-corrected chi connectivity index (χ4v) is 3.94. The van der Waals surface area contributed by atoms with E-state index in [1.807, 2.05) is 29.2 Å². The van der Waals surface area contributed by atoms with Crippen molar-refractivity contribution < 1.29 is 19.1 Å². The van der Waals surface area contributed by atoms with Crippen LogP contribution in [-0.4, -0.2) is 55.9 Å². The van der Waals surface area contributed by atoms with Crippen LogP contribution < -0.4 is 4.90 Å². The second-order valence-electron chi connectivity index (χ2n) is 6.70. The van der Waals surface area contributed by atoms with Crippen molar-refractivity contribution in [2.75, 3.05) is 38.3 Å². The molecule has 2 amide bonds. The van der Waals surface area contributed by atoms with Gasteiger partial charge in [0.2, 0.25) is 11.8 Å². The van der Waals surface area contributed by atoms with Crippen molar-refractivity contribution >= 4 is 17.5 Å². The molecule has 1 atom stereocenters. The topological polar surface area (TPSA) is 59.1 Å². The molecule has 2 saturated heterocycles. The van der Waals surface area contributed by atoms with E-state index in [0.29, 0.717) is 39.1 Å². The Hall–Kier alpha value is -1.92. The molecule has 24 heavy (non-hydrogen) atoms. The van der Waals surface area contributed by atoms with E-state index in [1.54, 1.807) is 11.9 Å². The number of carbonyl (C=O) groups is 2. The van der Waals surface area contributed by atoms with Crippen LogP contribution in [0.25, 0.3) is 0 Å². The molecule has 0 aliphatic carbocycles. The predicted molar refractivity (Wildman–Crippen MR) is 87.7 cm³/mol. The zero-order valence-corrected chi connectivity index (χ0v) is 13.9. The van der Waals surface area contributed by atoms with E-state index in [0.717, 1.165) is 11.3 Å². The van der Waals surface area contributed by atoms with E-state index >= 15 is 0 Å². The highest BCUT2D eigenvalue weighted by Crippen LogP contribution is 2.38. The Balaban J connectivity index is 1.53. The van der Waals surface area contributed by atoms with Gasteiger partial charge >= 0.3 is 0 Å². The van der Waals surface area contributed by atoms with E-state index in [9.17, 15) is 9.59 Å². The second kappa shape index (κ2) is 5.86. The summed E-state index contributed by atoms with van der Waals surface area (Å²) in [6.45, 7) is 2.48. The van der Waals surface area contributed by atoms with Gasteiger partial charge in [0.15, 0.2) is 5.79 Å². The summed E-state index contributed by atoms with van der Waals surface area (Å²) in [6.07, 6.45) is 1.63. The highest BCUT2D eigenvalue weighted by atomic mass is 16.7. The van der Waals surface area contributed by atoms with E-state index in [2.05, 4.69) is 0 Å². The van der Waals surface area contributed by atoms with Crippen molar-refractivity contribution in [3.05, 3.63) is 29.8 Å². The lowest BCUT2D eigenvalue weighted by atomic mass is 9.87. The van der Waals surface area contributed by atoms with Gasteiger partial charge in [0.1, 0.15) is 0 Å². The lowest BCUT2D eigenvalue weighted by Gasteiger charge is -2.40. The predicted octanol–water partition coefficient (Wildman–Crippen LogP) is 1.50. The van der Waals surface area contributed by atoms with Crippen molar-refractivity contribution in [2.45, 2.75) is 31.0 Å². The Kier molecular flexibility index (Phi) is 3.81. The molecule has 0 aromatic heterocycles. The molecule has 2 fully saturated rings. The fourth-order valence-electron chi connectivity index (χ4n) is 3.94. The number of rotatable bonds is 1. The Morgan fingerprint density at radius 1 is 1.17 bits per heavy atom. The normalized spacial score (nSPS) is 25.9. The molecule has 6 heteroatoms. The van der Waals surface area contributed by atoms with Gasteiger partial charge in [-0.1, -0.05) is 18.2 Å². The molecule has 1 aromatic rings. The smallest absolute Gasteiger partial charge is 0.230 e. The summed E-state index contributed by atoms with van der Waals surface area (Å²) in [4.78, 5) is 28.8. The highest BCUT2D eigenvalue weighted by Gasteiger charge is 2.43. The first-order chi connectivity index (χ1) is 11.6. The molecule has 0 N–H and O–H groups in total. The molecule has 4 rings (SSSR count). The lowest BCUT2D eigenvalue weighted by molar-refractivity contribution is -0.187. The number of likely N-dealkylation sites (tertiary alicyclic amines) is 1. The van der Waals surface area contributed by atoms with Gasteiger partial charge < -0.3 is 19.3 Å². The molecule has 1 aromatic carbocycles. The van der Waals surface area contributed by atoms with Gasteiger partial charge in [0, 0.05) is 45.1 Å². The fraction of sp³-hybridized carbons (Fsp3) is 0.556. The summed E-state index contributed by atoms with van der Waals surface area (Å²) in [7, 11) is 1.77. The van der Waals surface area contributed by atoms with Gasteiger partial charge in [-0.15, -0.1) is 0 Å². The summed E-state index contributed by atoms with van der Waals surface area (Å²) in [5.41, 5.74) is 1.78. The minimum absolute atomic E-state index is 0.0111. The number of hydrogen-bond donors (Lipinski definition) is 0. The molecule has 3 aliphatic rings. The average molecular weight is 330 g/mol. The number of fused-ring (bicyclic) bond motifs is 1. The Bertz CT molecular complexity index is 659. The van der Waals surface area contributed by atoms with Crippen LogP contribution in [0.2, 0.25) is 0 Å². The number of anilines is 1. The third-order valence-electron chi connectivity index (χ3n) is 5.37. The van der Waals surface area contributed by atoms with Gasteiger partial charge in [-0.25, -0.2) is 0 Å². The summed E-state index contributed by atoms with van der Waals surface area (Å²) < 4.78 is 11.4. The molecule has 1 spiro atoms. The molecule has 3 aliphatic heterocycles. The number of hydrogen-bond acceptors (Lipinski definition) is 4. The highest BCUT2D eigenvalue weighted by molar-refractivity contribution is 6.02. The van der Waals surface area contributed by atoms with Crippen LogP contribution >= 0.6 is 0 Å². The van der Waals surface area contributed by atoms with Crippen LogP contribution in [-0.2, 0) is 19.1 Å². The molecule has 0 saturated carbocycles. The first kappa shape index (κ1) is 15.6. The number of piperidine rings is 1. The molecule has 1 unspecified atom stereocenters. The Labute approximate surface area is 141 Å². The van der Waals surface area contributed by atoms with Gasteiger partial charge in [0.25, 0.3) is 0 Å². The van der Waals surface area contributed by atoms with Crippen LogP contribution in [0.4, 0.5) is 5.69 Å². The maximum atomic E-state index is 13.0. The van der Waals surface area contributed by atoms with Crippen molar-refractivity contribution in [3.63, 3.8) is 0 Å². The average Bonchev–Trinajstić information content (AvgIpc) is 3.06. The minimum Gasteiger partial charge on any atom is -0.347 e. The van der Waals surface area contributed by atoms with E-state index < -0.39 is 5.79 Å². The van der Waals surface area contributed by atoms with Crippen LogP contribution in [0.1, 0.15) is 30.7 Å². The Morgan fingerprint density at radius 3 is 2.54 bits per heavy atom. The quantitative estimate of drug-likeness (QED) is 0.783. The Morgan fingerprint density at radius 2 is 1.83 bits per heavy atom. The van der Waals surface area contributed by atoms with Crippen LogP contribution in [0.3, 0.4) is 0 Å². The third-order valence-corrected chi connectivity index (χ3v) is 5.37. The van der Waals surface area contributed by atoms with Crippen LogP contribution in [0.15, 0.2) is 24.3 Å². The molecule has 3 heterocycles. The molecule has 0 radical (unpaired) electrons. The first-order valence-electron chi connectivity index (χ1n) is 8.52.